The molecule has 14 nitrogen and oxygen atoms in total. The number of β-lactam (4-membered cyclic amide) rings is 1. The van der Waals surface area contributed by atoms with Gasteiger partial charge in [0, 0.05) is 24.8 Å². The molecule has 3 atom stereocenters. The molecule has 0 aliphatic carbocycles. The highest BCUT2D eigenvalue weighted by molar-refractivity contribution is 8.01. The van der Waals surface area contributed by atoms with E-state index < -0.39 is 41.2 Å². The summed E-state index contributed by atoms with van der Waals surface area (Å²) in [5.74, 6) is -3.96. The second-order valence-electron chi connectivity index (χ2n) is 7.23. The summed E-state index contributed by atoms with van der Waals surface area (Å²) in [6, 6.07) is -0.113. The van der Waals surface area contributed by atoms with Crippen molar-refractivity contribution in [2.24, 2.45) is 7.05 Å². The fraction of sp³-hybridized carbons (Fsp3) is 0.333. The number of aldehydes is 1. The molecule has 178 valence electrons. The lowest BCUT2D eigenvalue weighted by Gasteiger charge is -2.49. The number of carboxylic acids is 2. The van der Waals surface area contributed by atoms with Crippen molar-refractivity contribution in [3.8, 4) is 0 Å². The summed E-state index contributed by atoms with van der Waals surface area (Å²) in [6.45, 7) is 0. The summed E-state index contributed by atoms with van der Waals surface area (Å²) < 4.78 is 2.42. The summed E-state index contributed by atoms with van der Waals surface area (Å²) in [6.07, 6.45) is 1.69. The van der Waals surface area contributed by atoms with Crippen molar-refractivity contribution in [3.05, 3.63) is 35.3 Å². The molecule has 1 fully saturated rings. The van der Waals surface area contributed by atoms with Gasteiger partial charge in [0.2, 0.25) is 11.2 Å². The van der Waals surface area contributed by atoms with Crippen molar-refractivity contribution in [1.29, 1.82) is 0 Å². The molecule has 2 aromatic heterocycles. The molecule has 0 aromatic carbocycles. The van der Waals surface area contributed by atoms with Crippen molar-refractivity contribution in [3.63, 3.8) is 0 Å². The number of nitrogens with zero attached hydrogens (tertiary/aromatic N) is 6. The number of aliphatic carboxylic acids is 2. The van der Waals surface area contributed by atoms with Crippen LogP contribution in [0.2, 0.25) is 0 Å². The van der Waals surface area contributed by atoms with E-state index in [-0.39, 0.29) is 22.9 Å². The zero-order valence-electron chi connectivity index (χ0n) is 17.4. The Balaban J connectivity index is 1.51. The fourth-order valence-corrected chi connectivity index (χ4v) is 5.96. The van der Waals surface area contributed by atoms with Gasteiger partial charge in [0.25, 0.3) is 11.8 Å². The van der Waals surface area contributed by atoms with Crippen molar-refractivity contribution < 1.29 is 34.2 Å². The van der Waals surface area contributed by atoms with Crippen LogP contribution in [0.4, 0.5) is 0 Å². The van der Waals surface area contributed by atoms with Gasteiger partial charge in [0.05, 0.1) is 5.69 Å². The van der Waals surface area contributed by atoms with Crippen molar-refractivity contribution >= 4 is 53.6 Å². The molecule has 16 heteroatoms. The van der Waals surface area contributed by atoms with Crippen LogP contribution in [-0.4, -0.2) is 92.8 Å². The van der Waals surface area contributed by atoms with Crippen LogP contribution in [-0.2, 0) is 26.2 Å². The molecule has 2 amide bonds. The number of nitrogens with one attached hydrogen (secondary N) is 1. The molecule has 0 radical (unpaired) electrons. The Morgan fingerprint density at radius 1 is 1.38 bits per heavy atom. The second-order valence-corrected chi connectivity index (χ2v) is 9.27. The molecule has 2 aliphatic rings. The number of fused-ring (bicyclic) bond motifs is 1. The molecule has 0 spiro atoms. The first-order valence-corrected chi connectivity index (χ1v) is 11.7. The Morgan fingerprint density at radius 2 is 2.15 bits per heavy atom. The summed E-state index contributed by atoms with van der Waals surface area (Å²) in [4.78, 5) is 61.5. The normalized spacial score (nSPS) is 20.4. The minimum atomic E-state index is -1.77. The zero-order valence-corrected chi connectivity index (χ0v) is 19.0. The average molecular weight is 508 g/mol. The van der Waals surface area contributed by atoms with Gasteiger partial charge in [-0.25, -0.2) is 14.3 Å². The third-order valence-corrected chi connectivity index (χ3v) is 7.63. The highest BCUT2D eigenvalue weighted by atomic mass is 32.2. The van der Waals surface area contributed by atoms with Gasteiger partial charge < -0.3 is 20.1 Å². The predicted octanol–water partition coefficient (Wildman–Crippen LogP) is -1.02. The second kappa shape index (κ2) is 9.30. The smallest absolute Gasteiger partial charge is 0.352 e. The van der Waals surface area contributed by atoms with Crippen LogP contribution in [0.25, 0.3) is 0 Å². The van der Waals surface area contributed by atoms with E-state index in [2.05, 4.69) is 20.8 Å². The number of carbonyl (C=O) groups is 5. The summed E-state index contributed by atoms with van der Waals surface area (Å²) in [7, 11) is 1.64. The van der Waals surface area contributed by atoms with Gasteiger partial charge in [-0.15, -0.1) is 16.9 Å². The van der Waals surface area contributed by atoms with Crippen molar-refractivity contribution in [1.82, 2.24) is 35.0 Å². The molecule has 3 unspecified atom stereocenters. The minimum absolute atomic E-state index is 0.0208. The molecule has 1 saturated heterocycles. The average Bonchev–Trinajstić information content (AvgIpc) is 3.43. The molecule has 3 N–H and O–H groups in total. The number of hydrogen-bond donors (Lipinski definition) is 3. The van der Waals surface area contributed by atoms with Crippen LogP contribution in [0.5, 0.6) is 0 Å². The highest BCUT2D eigenvalue weighted by Crippen LogP contribution is 2.41. The molecule has 4 heterocycles. The number of aryl methyl sites for hydroxylation is 1. The van der Waals surface area contributed by atoms with E-state index in [1.54, 1.807) is 7.05 Å². The molecular formula is C18H17N7O7S2. The quantitative estimate of drug-likeness (QED) is 0.162. The molecule has 34 heavy (non-hydrogen) atoms. The lowest BCUT2D eigenvalue weighted by Crippen LogP contribution is -2.71. The fourth-order valence-electron chi connectivity index (χ4n) is 3.62. The number of tetrazole rings is 1. The van der Waals surface area contributed by atoms with E-state index in [1.807, 2.05) is 0 Å². The van der Waals surface area contributed by atoms with Crippen molar-refractivity contribution in [2.45, 2.75) is 22.6 Å². The Morgan fingerprint density at radius 3 is 2.76 bits per heavy atom. The summed E-state index contributed by atoms with van der Waals surface area (Å²) >= 11 is 2.47. The maximum Gasteiger partial charge on any atom is 0.352 e. The third kappa shape index (κ3) is 4.05. The maximum atomic E-state index is 12.8. The Labute approximate surface area is 199 Å². The van der Waals surface area contributed by atoms with Gasteiger partial charge in [-0.1, -0.05) is 11.8 Å². The lowest BCUT2D eigenvalue weighted by atomic mass is 10.0. The molecule has 2 aliphatic heterocycles. The Bertz CT molecular complexity index is 1220. The van der Waals surface area contributed by atoms with Gasteiger partial charge in [-0.3, -0.25) is 19.3 Å². The van der Waals surface area contributed by atoms with Crippen LogP contribution < -0.4 is 5.32 Å². The molecule has 4 rings (SSSR count). The zero-order chi connectivity index (χ0) is 24.6. The molecule has 2 aromatic rings. The van der Waals surface area contributed by atoms with E-state index in [4.69, 9.17) is 0 Å². The third-order valence-electron chi connectivity index (χ3n) is 5.20. The van der Waals surface area contributed by atoms with Gasteiger partial charge in [-0.05, 0) is 28.1 Å². The maximum absolute atomic E-state index is 12.8. The number of carboxylic acid groups (broad SMARTS) is 2. The van der Waals surface area contributed by atoms with Gasteiger partial charge in [0.1, 0.15) is 17.1 Å². The summed E-state index contributed by atoms with van der Waals surface area (Å²) in [5.41, 5.74) is 0.295. The highest BCUT2D eigenvalue weighted by Gasteiger charge is 2.54. The molecule has 0 bridgehead atoms. The summed E-state index contributed by atoms with van der Waals surface area (Å²) in [5, 5.41) is 32.5. The standard InChI is InChI=1S/C18H17N7O7S2/c1-23-18(20-21-22-23)34-7-8-6-33-15-10(14(28)25(15)11(8)16(29)30)19-13(27)12(17(31)32)24-4-2-3-9(24)5-26/h2-5,10,12,15H,6-7H2,1H3,(H,19,27)(H,29,30)(H,31,32). The molecule has 0 saturated carbocycles. The van der Waals surface area contributed by atoms with Gasteiger partial charge in [-0.2, -0.15) is 0 Å². The number of hydrogen-bond acceptors (Lipinski definition) is 10. The lowest BCUT2D eigenvalue weighted by molar-refractivity contribution is -0.153. The SMILES string of the molecule is Cn1nnnc1SCC1=C(C(=O)O)N2C(=O)C(NC(=O)C(C(=O)O)n3cccc3C=O)C2SC1. The van der Waals surface area contributed by atoms with E-state index in [0.717, 1.165) is 9.47 Å². The number of amides is 2. The van der Waals surface area contributed by atoms with Crippen LogP contribution in [0.15, 0.2) is 34.8 Å². The number of aromatic nitrogens is 5. The van der Waals surface area contributed by atoms with E-state index in [9.17, 15) is 34.2 Å². The first-order chi connectivity index (χ1) is 16.2. The largest absolute Gasteiger partial charge is 0.479 e. The van der Waals surface area contributed by atoms with E-state index in [1.165, 1.54) is 46.5 Å². The van der Waals surface area contributed by atoms with Crippen LogP contribution in [0.3, 0.4) is 0 Å². The van der Waals surface area contributed by atoms with Crippen LogP contribution >= 0.6 is 23.5 Å². The van der Waals surface area contributed by atoms with E-state index in [0.29, 0.717) is 17.0 Å². The van der Waals surface area contributed by atoms with Gasteiger partial charge in [0.15, 0.2) is 6.29 Å². The number of thioether (sulfide) groups is 2. The number of carbonyl (C=O) groups excluding carboxylic acids is 3. The Kier molecular flexibility index (Phi) is 6.43. The van der Waals surface area contributed by atoms with Crippen LogP contribution in [0.1, 0.15) is 16.5 Å². The monoisotopic (exact) mass is 507 g/mol. The van der Waals surface area contributed by atoms with Gasteiger partial charge >= 0.3 is 11.9 Å². The van der Waals surface area contributed by atoms with Crippen LogP contribution in [0, 0.1) is 0 Å². The minimum Gasteiger partial charge on any atom is -0.479 e. The van der Waals surface area contributed by atoms with E-state index >= 15 is 0 Å². The molecular weight excluding hydrogens is 490 g/mol. The first kappa shape index (κ1) is 23.5. The Hall–Kier alpha value is -3.66. The number of rotatable bonds is 9. The topological polar surface area (TPSA) is 190 Å². The first-order valence-electron chi connectivity index (χ1n) is 9.65. The van der Waals surface area contributed by atoms with Crippen molar-refractivity contribution in [2.75, 3.05) is 11.5 Å². The predicted molar refractivity (Wildman–Crippen MR) is 116 cm³/mol.